The van der Waals surface area contributed by atoms with Gasteiger partial charge in [-0.3, -0.25) is 0 Å². The van der Waals surface area contributed by atoms with Gasteiger partial charge in [0.2, 0.25) is 0 Å². The van der Waals surface area contributed by atoms with Crippen LogP contribution in [0.5, 0.6) is 0 Å². The SMILES string of the molecule is FC(F)(F)C(c1ccc(-c2ccccc2)cc1)C(F)(F)F. The third kappa shape index (κ3) is 3.56. The zero-order chi connectivity index (χ0) is 15.7. The highest BCUT2D eigenvalue weighted by molar-refractivity contribution is 5.63. The van der Waals surface area contributed by atoms with Gasteiger partial charge in [-0.15, -0.1) is 0 Å². The minimum absolute atomic E-state index is 0.558. The Balaban J connectivity index is 2.37. The molecule has 0 heterocycles. The summed E-state index contributed by atoms with van der Waals surface area (Å²) in [7, 11) is 0. The minimum Gasteiger partial charge on any atom is -0.170 e. The van der Waals surface area contributed by atoms with E-state index < -0.39 is 23.8 Å². The normalized spacial score (nSPS) is 12.7. The van der Waals surface area contributed by atoms with E-state index in [2.05, 4.69) is 0 Å². The van der Waals surface area contributed by atoms with Crippen LogP contribution in [0, 0.1) is 0 Å². The van der Waals surface area contributed by atoms with E-state index in [0.29, 0.717) is 5.56 Å². The summed E-state index contributed by atoms with van der Waals surface area (Å²) in [6.07, 6.45) is -10.7. The first-order valence-electron chi connectivity index (χ1n) is 5.98. The molecule has 0 nitrogen and oxygen atoms in total. The second-order valence-electron chi connectivity index (χ2n) is 4.50. The highest BCUT2D eigenvalue weighted by Crippen LogP contribution is 2.46. The van der Waals surface area contributed by atoms with Crippen molar-refractivity contribution in [3.05, 3.63) is 60.2 Å². The van der Waals surface area contributed by atoms with Gasteiger partial charge >= 0.3 is 12.4 Å². The molecule has 21 heavy (non-hydrogen) atoms. The lowest BCUT2D eigenvalue weighted by Crippen LogP contribution is -2.34. The summed E-state index contributed by atoms with van der Waals surface area (Å²) in [5.74, 6) is -3.46. The van der Waals surface area contributed by atoms with Crippen LogP contribution in [0.3, 0.4) is 0 Å². The second-order valence-corrected chi connectivity index (χ2v) is 4.50. The average molecular weight is 304 g/mol. The summed E-state index contributed by atoms with van der Waals surface area (Å²) in [4.78, 5) is 0. The van der Waals surface area contributed by atoms with Crippen LogP contribution in [0.2, 0.25) is 0 Å². The van der Waals surface area contributed by atoms with Crippen molar-refractivity contribution in [2.45, 2.75) is 18.3 Å². The van der Waals surface area contributed by atoms with E-state index in [1.165, 1.54) is 12.1 Å². The molecule has 0 unspecified atom stereocenters. The summed E-state index contributed by atoms with van der Waals surface area (Å²) < 4.78 is 75.6. The van der Waals surface area contributed by atoms with Crippen LogP contribution in [-0.4, -0.2) is 12.4 Å². The lowest BCUT2D eigenvalue weighted by atomic mass is 9.95. The monoisotopic (exact) mass is 304 g/mol. The van der Waals surface area contributed by atoms with Gasteiger partial charge < -0.3 is 0 Å². The number of rotatable bonds is 2. The fourth-order valence-electron chi connectivity index (χ4n) is 2.06. The predicted molar refractivity (Wildman–Crippen MR) is 66.7 cm³/mol. The Kier molecular flexibility index (Phi) is 3.98. The smallest absolute Gasteiger partial charge is 0.170 e. The third-order valence-corrected chi connectivity index (χ3v) is 3.01. The molecule has 0 spiro atoms. The van der Waals surface area contributed by atoms with E-state index in [-0.39, 0.29) is 0 Å². The average Bonchev–Trinajstić information content (AvgIpc) is 2.37. The van der Waals surface area contributed by atoms with Gasteiger partial charge in [0.15, 0.2) is 5.92 Å². The zero-order valence-corrected chi connectivity index (χ0v) is 10.5. The van der Waals surface area contributed by atoms with Crippen molar-refractivity contribution in [2.24, 2.45) is 0 Å². The van der Waals surface area contributed by atoms with Gasteiger partial charge in [-0.1, -0.05) is 54.6 Å². The van der Waals surface area contributed by atoms with E-state index in [1.54, 1.807) is 30.3 Å². The van der Waals surface area contributed by atoms with Gasteiger partial charge in [0.1, 0.15) is 0 Å². The fourth-order valence-corrected chi connectivity index (χ4v) is 2.06. The Morgan fingerprint density at radius 3 is 1.43 bits per heavy atom. The van der Waals surface area contributed by atoms with Gasteiger partial charge in [-0.25, -0.2) is 0 Å². The molecule has 6 heteroatoms. The van der Waals surface area contributed by atoms with Crippen molar-refractivity contribution in [3.63, 3.8) is 0 Å². The van der Waals surface area contributed by atoms with Crippen LogP contribution in [0.4, 0.5) is 26.3 Å². The van der Waals surface area contributed by atoms with Crippen LogP contribution >= 0.6 is 0 Å². The Hall–Kier alpha value is -1.98. The predicted octanol–water partition coefficient (Wildman–Crippen LogP) is 5.56. The number of hydrogen-bond donors (Lipinski definition) is 0. The van der Waals surface area contributed by atoms with E-state index >= 15 is 0 Å². The Labute approximate surface area is 117 Å². The zero-order valence-electron chi connectivity index (χ0n) is 10.5. The number of halogens is 6. The van der Waals surface area contributed by atoms with Crippen molar-refractivity contribution < 1.29 is 26.3 Å². The molecule has 0 bridgehead atoms. The van der Waals surface area contributed by atoms with Crippen LogP contribution in [-0.2, 0) is 0 Å². The molecule has 0 fully saturated rings. The summed E-state index contributed by atoms with van der Waals surface area (Å²) >= 11 is 0. The molecule has 0 saturated heterocycles. The third-order valence-electron chi connectivity index (χ3n) is 3.01. The Bertz CT molecular complexity index is 566. The molecule has 0 amide bonds. The molecule has 2 aromatic rings. The molecule has 0 aliphatic carbocycles. The summed E-state index contributed by atoms with van der Waals surface area (Å²) in [6.45, 7) is 0. The van der Waals surface area contributed by atoms with Gasteiger partial charge in [-0.05, 0) is 16.7 Å². The first-order chi connectivity index (χ1) is 9.69. The molecule has 2 aromatic carbocycles. The number of hydrogen-bond acceptors (Lipinski definition) is 0. The molecular weight excluding hydrogens is 294 g/mol. The van der Waals surface area contributed by atoms with Gasteiger partial charge in [0.25, 0.3) is 0 Å². The van der Waals surface area contributed by atoms with Crippen LogP contribution in [0.25, 0.3) is 11.1 Å². The van der Waals surface area contributed by atoms with Crippen LogP contribution < -0.4 is 0 Å². The largest absolute Gasteiger partial charge is 0.404 e. The summed E-state index contributed by atoms with van der Waals surface area (Å²) in [5.41, 5.74) is 0.469. The number of alkyl halides is 6. The highest BCUT2D eigenvalue weighted by Gasteiger charge is 2.57. The first-order valence-corrected chi connectivity index (χ1v) is 5.98. The summed E-state index contributed by atoms with van der Waals surface area (Å²) in [5, 5.41) is 0. The van der Waals surface area contributed by atoms with Crippen LogP contribution in [0.1, 0.15) is 11.5 Å². The van der Waals surface area contributed by atoms with Crippen molar-refractivity contribution in [2.75, 3.05) is 0 Å². The van der Waals surface area contributed by atoms with E-state index in [0.717, 1.165) is 17.7 Å². The van der Waals surface area contributed by atoms with E-state index in [9.17, 15) is 26.3 Å². The standard InChI is InChI=1S/C15H10F6/c16-14(17,18)13(15(19,20)21)12-8-6-11(7-9-12)10-4-2-1-3-5-10/h1-9,13H. The summed E-state index contributed by atoms with van der Waals surface area (Å²) in [6, 6.07) is 12.9. The molecule has 0 aliphatic rings. The molecule has 2 rings (SSSR count). The van der Waals surface area contributed by atoms with E-state index in [4.69, 9.17) is 0 Å². The van der Waals surface area contributed by atoms with Gasteiger partial charge in [0, 0.05) is 0 Å². The molecular formula is C15H10F6. The van der Waals surface area contributed by atoms with Crippen molar-refractivity contribution >= 4 is 0 Å². The first kappa shape index (κ1) is 15.4. The second kappa shape index (κ2) is 5.42. The molecule has 112 valence electrons. The lowest BCUT2D eigenvalue weighted by molar-refractivity contribution is -0.253. The minimum atomic E-state index is -5.37. The maximum Gasteiger partial charge on any atom is 0.404 e. The van der Waals surface area contributed by atoms with E-state index in [1.807, 2.05) is 0 Å². The molecule has 0 saturated carbocycles. The van der Waals surface area contributed by atoms with Crippen molar-refractivity contribution in [1.29, 1.82) is 0 Å². The van der Waals surface area contributed by atoms with Crippen LogP contribution in [0.15, 0.2) is 54.6 Å². The molecule has 0 aromatic heterocycles. The topological polar surface area (TPSA) is 0 Å². The maximum atomic E-state index is 12.6. The molecule has 0 N–H and O–H groups in total. The number of benzene rings is 2. The van der Waals surface area contributed by atoms with Crippen molar-refractivity contribution in [3.8, 4) is 11.1 Å². The maximum absolute atomic E-state index is 12.6. The molecule has 0 aliphatic heterocycles. The van der Waals surface area contributed by atoms with Gasteiger partial charge in [-0.2, -0.15) is 26.3 Å². The highest BCUT2D eigenvalue weighted by atomic mass is 19.4. The Morgan fingerprint density at radius 2 is 1.00 bits per heavy atom. The molecule has 0 atom stereocenters. The Morgan fingerprint density at radius 1 is 0.571 bits per heavy atom. The molecule has 0 radical (unpaired) electrons. The fraction of sp³-hybridized carbons (Fsp3) is 0.200. The lowest BCUT2D eigenvalue weighted by Gasteiger charge is -2.23. The quantitative estimate of drug-likeness (QED) is 0.637. The van der Waals surface area contributed by atoms with Gasteiger partial charge in [0.05, 0.1) is 0 Å². The van der Waals surface area contributed by atoms with Crippen molar-refractivity contribution in [1.82, 2.24) is 0 Å².